The smallest absolute Gasteiger partial charge is 0.228 e. The maximum Gasteiger partial charge on any atom is 0.228 e. The molecule has 3 nitrogen and oxygen atoms in total. The topological polar surface area (TPSA) is 29.5 Å². The van der Waals surface area contributed by atoms with Crippen molar-refractivity contribution < 1.29 is 9.53 Å². The first-order chi connectivity index (χ1) is 10.6. The van der Waals surface area contributed by atoms with Gasteiger partial charge in [-0.2, -0.15) is 0 Å². The van der Waals surface area contributed by atoms with Crippen molar-refractivity contribution in [2.45, 2.75) is 45.4 Å². The van der Waals surface area contributed by atoms with Crippen LogP contribution in [0.25, 0.3) is 0 Å². The van der Waals surface area contributed by atoms with Crippen LogP contribution in [0, 0.1) is 11.3 Å². The van der Waals surface area contributed by atoms with Gasteiger partial charge in [-0.1, -0.05) is 19.1 Å². The summed E-state index contributed by atoms with van der Waals surface area (Å²) in [4.78, 5) is 14.6. The number of hydrogen-bond acceptors (Lipinski definition) is 2. The zero-order valence-corrected chi connectivity index (χ0v) is 13.8. The molecule has 1 aliphatic heterocycles. The molecule has 2 aliphatic rings. The number of rotatable bonds is 5. The normalized spacial score (nSPS) is 23.2. The van der Waals surface area contributed by atoms with Crippen LogP contribution < -0.4 is 4.74 Å². The predicted octanol–water partition coefficient (Wildman–Crippen LogP) is 3.67. The van der Waals surface area contributed by atoms with Gasteiger partial charge in [-0.15, -0.1) is 0 Å². The van der Waals surface area contributed by atoms with E-state index in [0.717, 1.165) is 50.9 Å². The highest BCUT2D eigenvalue weighted by molar-refractivity contribution is 5.85. The summed E-state index contributed by atoms with van der Waals surface area (Å²) in [7, 11) is 1.71. The molecule has 1 amide bonds. The number of benzene rings is 1. The number of carbonyl (C=O) groups excluding carboxylic acids is 1. The number of carbonyl (C=O) groups is 1. The molecule has 3 rings (SSSR count). The van der Waals surface area contributed by atoms with Crippen molar-refractivity contribution in [3.8, 4) is 5.75 Å². The summed E-state index contributed by atoms with van der Waals surface area (Å²) in [6, 6.07) is 8.33. The second kappa shape index (κ2) is 6.31. The molecule has 1 aromatic carbocycles. The molecule has 1 atom stereocenters. The lowest BCUT2D eigenvalue weighted by molar-refractivity contribution is -0.138. The number of hydrogen-bond donors (Lipinski definition) is 0. The molecule has 1 saturated carbocycles. The molecule has 2 fully saturated rings. The summed E-state index contributed by atoms with van der Waals surface area (Å²) in [6.07, 6.45) is 6.80. The van der Waals surface area contributed by atoms with Crippen LogP contribution in [0.15, 0.2) is 24.3 Å². The third-order valence-electron chi connectivity index (χ3n) is 5.30. The fourth-order valence-corrected chi connectivity index (χ4v) is 3.47. The van der Waals surface area contributed by atoms with Crippen molar-refractivity contribution in [1.82, 2.24) is 4.90 Å². The number of aryl methyl sites for hydroxylation is 1. The van der Waals surface area contributed by atoms with E-state index in [4.69, 9.17) is 4.74 Å². The molecule has 0 unspecified atom stereocenters. The minimum Gasteiger partial charge on any atom is -0.497 e. The van der Waals surface area contributed by atoms with Gasteiger partial charge in [0.25, 0.3) is 0 Å². The van der Waals surface area contributed by atoms with Gasteiger partial charge < -0.3 is 9.64 Å². The maximum atomic E-state index is 12.5. The quantitative estimate of drug-likeness (QED) is 0.830. The van der Waals surface area contributed by atoms with Crippen molar-refractivity contribution in [2.75, 3.05) is 20.2 Å². The van der Waals surface area contributed by atoms with E-state index in [0.29, 0.717) is 11.8 Å². The molecule has 120 valence electrons. The van der Waals surface area contributed by atoms with Crippen molar-refractivity contribution in [1.29, 1.82) is 0 Å². The van der Waals surface area contributed by atoms with E-state index in [9.17, 15) is 4.79 Å². The van der Waals surface area contributed by atoms with Gasteiger partial charge in [-0.05, 0) is 62.1 Å². The lowest BCUT2D eigenvalue weighted by atomic mass is 9.90. The lowest BCUT2D eigenvalue weighted by Crippen LogP contribution is -2.43. The van der Waals surface area contributed by atoms with E-state index in [1.807, 2.05) is 6.07 Å². The number of piperidine rings is 1. The molecule has 0 radical (unpaired) electrons. The van der Waals surface area contributed by atoms with Gasteiger partial charge in [0.2, 0.25) is 5.91 Å². The minimum atomic E-state index is -0.0192. The molecule has 0 bridgehead atoms. The number of methoxy groups -OCH3 is 1. The zero-order chi connectivity index (χ0) is 15.6. The van der Waals surface area contributed by atoms with E-state index >= 15 is 0 Å². The van der Waals surface area contributed by atoms with Gasteiger partial charge in [0.1, 0.15) is 5.75 Å². The first-order valence-corrected chi connectivity index (χ1v) is 8.53. The predicted molar refractivity (Wildman–Crippen MR) is 88.0 cm³/mol. The molecular formula is C19H27NO2. The van der Waals surface area contributed by atoms with Gasteiger partial charge >= 0.3 is 0 Å². The molecule has 0 N–H and O–H groups in total. The Morgan fingerprint density at radius 3 is 2.95 bits per heavy atom. The van der Waals surface area contributed by atoms with Crippen LogP contribution in [0.5, 0.6) is 5.75 Å². The van der Waals surface area contributed by atoms with E-state index in [1.165, 1.54) is 12.0 Å². The van der Waals surface area contributed by atoms with Gasteiger partial charge in [-0.25, -0.2) is 0 Å². The number of amides is 1. The molecule has 3 heteroatoms. The molecule has 0 spiro atoms. The van der Waals surface area contributed by atoms with Gasteiger partial charge in [0, 0.05) is 18.5 Å². The third kappa shape index (κ3) is 3.45. The van der Waals surface area contributed by atoms with Crippen LogP contribution in [0.4, 0.5) is 0 Å². The highest BCUT2D eigenvalue weighted by atomic mass is 16.5. The summed E-state index contributed by atoms with van der Waals surface area (Å²) in [6.45, 7) is 4.04. The van der Waals surface area contributed by atoms with Crippen LogP contribution in [-0.4, -0.2) is 31.0 Å². The Hall–Kier alpha value is -1.51. The summed E-state index contributed by atoms with van der Waals surface area (Å²) in [5.74, 6) is 1.98. The first-order valence-electron chi connectivity index (χ1n) is 8.53. The maximum absolute atomic E-state index is 12.5. The van der Waals surface area contributed by atoms with E-state index in [1.54, 1.807) is 7.11 Å². The van der Waals surface area contributed by atoms with Crippen LogP contribution in [0.3, 0.4) is 0 Å². The third-order valence-corrected chi connectivity index (χ3v) is 5.30. The van der Waals surface area contributed by atoms with Crippen molar-refractivity contribution in [3.63, 3.8) is 0 Å². The Balaban J connectivity index is 1.53. The number of ether oxygens (including phenoxy) is 1. The lowest BCUT2D eigenvalue weighted by Gasteiger charge is -2.34. The van der Waals surface area contributed by atoms with E-state index < -0.39 is 0 Å². The SMILES string of the molecule is COc1cccc(CC[C@@H]2CCCN(C(=O)C3(C)CC3)C2)c1. The summed E-state index contributed by atoms with van der Waals surface area (Å²) < 4.78 is 5.29. The Morgan fingerprint density at radius 2 is 2.23 bits per heavy atom. The summed E-state index contributed by atoms with van der Waals surface area (Å²) in [5, 5.41) is 0. The fourth-order valence-electron chi connectivity index (χ4n) is 3.47. The van der Waals surface area contributed by atoms with Crippen LogP contribution in [0.1, 0.15) is 44.6 Å². The van der Waals surface area contributed by atoms with Crippen molar-refractivity contribution >= 4 is 5.91 Å². The first kappa shape index (κ1) is 15.4. The van der Waals surface area contributed by atoms with Crippen molar-refractivity contribution in [3.05, 3.63) is 29.8 Å². The highest BCUT2D eigenvalue weighted by Gasteiger charge is 2.47. The molecule has 22 heavy (non-hydrogen) atoms. The largest absolute Gasteiger partial charge is 0.497 e. The van der Waals surface area contributed by atoms with Crippen LogP contribution >= 0.6 is 0 Å². The minimum absolute atomic E-state index is 0.0192. The molecule has 0 aromatic heterocycles. The van der Waals surface area contributed by atoms with Gasteiger partial charge in [0.05, 0.1) is 7.11 Å². The number of nitrogens with zero attached hydrogens (tertiary/aromatic N) is 1. The Morgan fingerprint density at radius 1 is 1.41 bits per heavy atom. The monoisotopic (exact) mass is 301 g/mol. The van der Waals surface area contributed by atoms with Gasteiger partial charge in [0.15, 0.2) is 0 Å². The second-order valence-corrected chi connectivity index (χ2v) is 7.21. The van der Waals surface area contributed by atoms with Crippen LogP contribution in [0.2, 0.25) is 0 Å². The summed E-state index contributed by atoms with van der Waals surface area (Å²) in [5.41, 5.74) is 1.31. The fraction of sp³-hybridized carbons (Fsp3) is 0.632. The second-order valence-electron chi connectivity index (χ2n) is 7.21. The highest BCUT2D eigenvalue weighted by Crippen LogP contribution is 2.47. The van der Waals surface area contributed by atoms with E-state index in [-0.39, 0.29) is 5.41 Å². The van der Waals surface area contributed by atoms with Crippen molar-refractivity contribution in [2.24, 2.45) is 11.3 Å². The zero-order valence-electron chi connectivity index (χ0n) is 13.8. The molecular weight excluding hydrogens is 274 g/mol. The molecule has 1 saturated heterocycles. The number of likely N-dealkylation sites (tertiary alicyclic amines) is 1. The Labute approximate surface area is 133 Å². The Bertz CT molecular complexity index is 536. The average Bonchev–Trinajstić information content (AvgIpc) is 3.31. The molecule has 1 aliphatic carbocycles. The van der Waals surface area contributed by atoms with Crippen LogP contribution in [-0.2, 0) is 11.2 Å². The average molecular weight is 301 g/mol. The molecule has 1 heterocycles. The Kier molecular flexibility index (Phi) is 4.42. The summed E-state index contributed by atoms with van der Waals surface area (Å²) >= 11 is 0. The molecule has 1 aromatic rings. The standard InChI is InChI=1S/C19H27NO2/c1-19(10-11-19)18(21)20-12-4-6-16(14-20)9-8-15-5-3-7-17(13-15)22-2/h3,5,7,13,16H,4,6,8-12,14H2,1-2H3/t16-/m0/s1. The van der Waals surface area contributed by atoms with Gasteiger partial charge in [-0.3, -0.25) is 4.79 Å². The van der Waals surface area contributed by atoms with E-state index in [2.05, 4.69) is 30.0 Å².